The van der Waals surface area contributed by atoms with Crippen LogP contribution in [0.2, 0.25) is 0 Å². The average Bonchev–Trinajstić information content (AvgIpc) is 2.82. The maximum absolute atomic E-state index is 11.9. The lowest BCUT2D eigenvalue weighted by molar-refractivity contribution is 0.0292. The SMILES string of the molecule is CC(C)(C)OC(=O)N1CCC(c2nc(Br)cs2)C1. The average molecular weight is 333 g/mol. The number of hydrogen-bond donors (Lipinski definition) is 0. The van der Waals surface area contributed by atoms with Gasteiger partial charge in [0.25, 0.3) is 0 Å². The summed E-state index contributed by atoms with van der Waals surface area (Å²) >= 11 is 4.99. The predicted molar refractivity (Wildman–Crippen MR) is 75.0 cm³/mol. The van der Waals surface area contributed by atoms with Gasteiger partial charge in [-0.2, -0.15) is 0 Å². The molecular weight excluding hydrogens is 316 g/mol. The predicted octanol–water partition coefficient (Wildman–Crippen LogP) is 3.63. The van der Waals surface area contributed by atoms with E-state index in [0.29, 0.717) is 12.5 Å². The van der Waals surface area contributed by atoms with E-state index >= 15 is 0 Å². The first kappa shape index (κ1) is 13.8. The standard InChI is InChI=1S/C12H17BrN2O2S/c1-12(2,3)17-11(16)15-5-4-8(6-15)10-14-9(13)7-18-10/h7-8H,4-6H2,1-3H3. The van der Waals surface area contributed by atoms with Crippen LogP contribution in [0, 0.1) is 0 Å². The second kappa shape index (κ2) is 5.17. The van der Waals surface area contributed by atoms with Gasteiger partial charge in [-0.05, 0) is 43.1 Å². The quantitative estimate of drug-likeness (QED) is 0.788. The summed E-state index contributed by atoms with van der Waals surface area (Å²) in [7, 11) is 0. The number of thiazole rings is 1. The number of ether oxygens (including phenoxy) is 1. The molecule has 0 aliphatic carbocycles. The Morgan fingerprint density at radius 2 is 2.33 bits per heavy atom. The first-order valence-corrected chi connectivity index (χ1v) is 7.61. The van der Waals surface area contributed by atoms with Gasteiger partial charge in [-0.15, -0.1) is 11.3 Å². The van der Waals surface area contributed by atoms with Crippen LogP contribution in [0.1, 0.15) is 38.1 Å². The van der Waals surface area contributed by atoms with Crippen molar-refractivity contribution in [1.82, 2.24) is 9.88 Å². The van der Waals surface area contributed by atoms with Gasteiger partial charge in [0.2, 0.25) is 0 Å². The molecule has 1 fully saturated rings. The highest BCUT2D eigenvalue weighted by molar-refractivity contribution is 9.10. The van der Waals surface area contributed by atoms with Crippen molar-refractivity contribution >= 4 is 33.4 Å². The molecule has 2 heterocycles. The largest absolute Gasteiger partial charge is 0.444 e. The van der Waals surface area contributed by atoms with Gasteiger partial charge in [0.1, 0.15) is 10.2 Å². The smallest absolute Gasteiger partial charge is 0.410 e. The van der Waals surface area contributed by atoms with E-state index in [1.807, 2.05) is 26.2 Å². The topological polar surface area (TPSA) is 42.4 Å². The normalized spacial score (nSPS) is 20.2. The molecule has 1 aromatic rings. The number of hydrogen-bond acceptors (Lipinski definition) is 4. The molecule has 4 nitrogen and oxygen atoms in total. The molecule has 0 radical (unpaired) electrons. The number of amides is 1. The maximum Gasteiger partial charge on any atom is 0.410 e. The molecule has 1 atom stereocenters. The molecule has 1 aliphatic heterocycles. The van der Waals surface area contributed by atoms with Crippen LogP contribution in [-0.2, 0) is 4.74 Å². The van der Waals surface area contributed by atoms with E-state index in [4.69, 9.17) is 4.74 Å². The number of likely N-dealkylation sites (tertiary alicyclic amines) is 1. The van der Waals surface area contributed by atoms with Gasteiger partial charge >= 0.3 is 6.09 Å². The van der Waals surface area contributed by atoms with Crippen molar-refractivity contribution in [1.29, 1.82) is 0 Å². The van der Waals surface area contributed by atoms with Gasteiger partial charge in [0, 0.05) is 24.4 Å². The fourth-order valence-electron chi connectivity index (χ4n) is 1.91. The summed E-state index contributed by atoms with van der Waals surface area (Å²) in [6.45, 7) is 7.11. The minimum absolute atomic E-state index is 0.222. The first-order chi connectivity index (χ1) is 8.35. The highest BCUT2D eigenvalue weighted by atomic mass is 79.9. The van der Waals surface area contributed by atoms with Gasteiger partial charge in [-0.25, -0.2) is 9.78 Å². The van der Waals surface area contributed by atoms with Crippen LogP contribution in [0.25, 0.3) is 0 Å². The number of carbonyl (C=O) groups is 1. The minimum atomic E-state index is -0.431. The Kier molecular flexibility index (Phi) is 3.96. The lowest BCUT2D eigenvalue weighted by Crippen LogP contribution is -2.35. The molecule has 1 unspecified atom stereocenters. The first-order valence-electron chi connectivity index (χ1n) is 5.94. The van der Waals surface area contributed by atoms with Gasteiger partial charge in [0.15, 0.2) is 0 Å². The summed E-state index contributed by atoms with van der Waals surface area (Å²) < 4.78 is 6.25. The third-order valence-corrected chi connectivity index (χ3v) is 4.40. The van der Waals surface area contributed by atoms with Gasteiger partial charge in [-0.1, -0.05) is 0 Å². The molecule has 0 spiro atoms. The molecule has 1 saturated heterocycles. The van der Waals surface area contributed by atoms with E-state index in [-0.39, 0.29) is 6.09 Å². The summed E-state index contributed by atoms with van der Waals surface area (Å²) in [6.07, 6.45) is 0.736. The monoisotopic (exact) mass is 332 g/mol. The molecule has 0 saturated carbocycles. The van der Waals surface area contributed by atoms with Crippen LogP contribution in [-0.4, -0.2) is 34.7 Å². The van der Waals surface area contributed by atoms with E-state index in [1.165, 1.54) is 0 Å². The van der Waals surface area contributed by atoms with Gasteiger partial charge in [-0.3, -0.25) is 0 Å². The highest BCUT2D eigenvalue weighted by Crippen LogP contribution is 2.31. The molecule has 2 rings (SSSR count). The Hall–Kier alpha value is -0.620. The van der Waals surface area contributed by atoms with Crippen molar-refractivity contribution in [2.75, 3.05) is 13.1 Å². The number of aromatic nitrogens is 1. The van der Waals surface area contributed by atoms with Crippen molar-refractivity contribution in [3.05, 3.63) is 15.0 Å². The minimum Gasteiger partial charge on any atom is -0.444 e. The summed E-state index contributed by atoms with van der Waals surface area (Å²) in [5.41, 5.74) is -0.431. The van der Waals surface area contributed by atoms with Crippen LogP contribution < -0.4 is 0 Å². The summed E-state index contributed by atoms with van der Waals surface area (Å²) in [5, 5.41) is 3.07. The molecule has 100 valence electrons. The van der Waals surface area contributed by atoms with Crippen LogP contribution in [0.3, 0.4) is 0 Å². The molecule has 1 aliphatic rings. The Morgan fingerprint density at radius 3 is 2.89 bits per heavy atom. The summed E-state index contributed by atoms with van der Waals surface area (Å²) in [5.74, 6) is 0.341. The molecular formula is C12H17BrN2O2S. The van der Waals surface area contributed by atoms with Gasteiger partial charge < -0.3 is 9.64 Å². The number of carbonyl (C=O) groups excluding carboxylic acids is 1. The zero-order valence-electron chi connectivity index (χ0n) is 10.8. The lowest BCUT2D eigenvalue weighted by Gasteiger charge is -2.24. The molecule has 1 amide bonds. The Morgan fingerprint density at radius 1 is 1.61 bits per heavy atom. The second-order valence-electron chi connectivity index (χ2n) is 5.42. The zero-order chi connectivity index (χ0) is 13.3. The van der Waals surface area contributed by atoms with Crippen molar-refractivity contribution in [2.24, 2.45) is 0 Å². The van der Waals surface area contributed by atoms with Crippen LogP contribution in [0.4, 0.5) is 4.79 Å². The third-order valence-electron chi connectivity index (χ3n) is 2.68. The fraction of sp³-hybridized carbons (Fsp3) is 0.667. The third kappa shape index (κ3) is 3.45. The van der Waals surface area contributed by atoms with Crippen LogP contribution >= 0.6 is 27.3 Å². The second-order valence-corrected chi connectivity index (χ2v) is 7.12. The van der Waals surface area contributed by atoms with Gasteiger partial charge in [0.05, 0.1) is 5.01 Å². The van der Waals surface area contributed by atoms with Crippen molar-refractivity contribution in [3.63, 3.8) is 0 Å². The molecule has 0 aromatic carbocycles. The molecule has 6 heteroatoms. The Balaban J connectivity index is 1.94. The lowest BCUT2D eigenvalue weighted by atomic mass is 10.1. The van der Waals surface area contributed by atoms with Crippen molar-refractivity contribution < 1.29 is 9.53 Å². The Labute approximate surface area is 119 Å². The zero-order valence-corrected chi connectivity index (χ0v) is 13.2. The van der Waals surface area contributed by atoms with Crippen LogP contribution in [0.15, 0.2) is 9.98 Å². The summed E-state index contributed by atoms with van der Waals surface area (Å²) in [4.78, 5) is 18.1. The highest BCUT2D eigenvalue weighted by Gasteiger charge is 2.31. The van der Waals surface area contributed by atoms with E-state index in [0.717, 1.165) is 22.6 Å². The molecule has 0 N–H and O–H groups in total. The van der Waals surface area contributed by atoms with Crippen LogP contribution in [0.5, 0.6) is 0 Å². The fourth-order valence-corrected chi connectivity index (χ4v) is 3.30. The van der Waals surface area contributed by atoms with E-state index in [9.17, 15) is 4.79 Å². The molecule has 18 heavy (non-hydrogen) atoms. The van der Waals surface area contributed by atoms with E-state index in [1.54, 1.807) is 16.2 Å². The summed E-state index contributed by atoms with van der Waals surface area (Å²) in [6, 6.07) is 0. The maximum atomic E-state index is 11.9. The Bertz CT molecular complexity index is 442. The number of nitrogens with zero attached hydrogens (tertiary/aromatic N) is 2. The molecule has 1 aromatic heterocycles. The van der Waals surface area contributed by atoms with Crippen molar-refractivity contribution in [3.8, 4) is 0 Å². The van der Waals surface area contributed by atoms with Crippen molar-refractivity contribution in [2.45, 2.75) is 38.7 Å². The van der Waals surface area contributed by atoms with E-state index in [2.05, 4.69) is 20.9 Å². The number of halogens is 1. The molecule has 0 bridgehead atoms. The van der Waals surface area contributed by atoms with E-state index < -0.39 is 5.60 Å². The number of rotatable bonds is 1.